The summed E-state index contributed by atoms with van der Waals surface area (Å²) < 4.78 is 5.22. The van der Waals surface area contributed by atoms with Crippen molar-refractivity contribution < 1.29 is 19.4 Å². The highest BCUT2D eigenvalue weighted by molar-refractivity contribution is 6.31. The highest BCUT2D eigenvalue weighted by atomic mass is 35.5. The molecule has 0 fully saturated rings. The number of aromatic carboxylic acids is 1. The lowest BCUT2D eigenvalue weighted by Gasteiger charge is -2.10. The molecule has 0 radical (unpaired) electrons. The number of halogens is 1. The van der Waals surface area contributed by atoms with Crippen LogP contribution in [0, 0.1) is 0 Å². The predicted octanol–water partition coefficient (Wildman–Crippen LogP) is 2.75. The summed E-state index contributed by atoms with van der Waals surface area (Å²) in [7, 11) is 0. The zero-order valence-corrected chi connectivity index (χ0v) is 12.4. The van der Waals surface area contributed by atoms with Gasteiger partial charge < -0.3 is 20.5 Å². The lowest BCUT2D eigenvalue weighted by Crippen LogP contribution is -2.32. The fourth-order valence-electron chi connectivity index (χ4n) is 1.45. The molecule has 0 bridgehead atoms. The van der Waals surface area contributed by atoms with Gasteiger partial charge in [-0.05, 0) is 25.1 Å². The number of carboxylic acid groups (broad SMARTS) is 1. The van der Waals surface area contributed by atoms with E-state index in [4.69, 9.17) is 21.4 Å². The van der Waals surface area contributed by atoms with Crippen LogP contribution in [0.4, 0.5) is 10.5 Å². The van der Waals surface area contributed by atoms with Gasteiger partial charge in [0.2, 0.25) is 0 Å². The van der Waals surface area contributed by atoms with Crippen LogP contribution in [0.5, 0.6) is 0 Å². The molecule has 3 N–H and O–H groups in total. The monoisotopic (exact) mass is 312 g/mol. The van der Waals surface area contributed by atoms with Crippen molar-refractivity contribution in [3.8, 4) is 0 Å². The summed E-state index contributed by atoms with van der Waals surface area (Å²) in [6, 6.07) is 3.69. The van der Waals surface area contributed by atoms with E-state index in [1.807, 2.05) is 6.92 Å². The zero-order chi connectivity index (χ0) is 15.8. The number of urea groups is 1. The van der Waals surface area contributed by atoms with Crippen molar-refractivity contribution in [2.75, 3.05) is 25.1 Å². The first-order chi connectivity index (χ1) is 9.90. The third-order valence-corrected chi connectivity index (χ3v) is 2.58. The van der Waals surface area contributed by atoms with Gasteiger partial charge >= 0.3 is 12.0 Å². The minimum atomic E-state index is -1.17. The van der Waals surface area contributed by atoms with Crippen LogP contribution >= 0.6 is 11.6 Å². The molecule has 0 aliphatic heterocycles. The van der Waals surface area contributed by atoms with Gasteiger partial charge in [-0.2, -0.15) is 0 Å². The van der Waals surface area contributed by atoms with Crippen molar-refractivity contribution >= 4 is 29.3 Å². The lowest BCUT2D eigenvalue weighted by molar-refractivity contribution is 0.0698. The number of carboxylic acids is 1. The Labute approximate surface area is 127 Å². The molecule has 1 rings (SSSR count). The molecular formula is C14H17ClN2O4. The van der Waals surface area contributed by atoms with E-state index in [1.165, 1.54) is 18.2 Å². The lowest BCUT2D eigenvalue weighted by atomic mass is 10.2. The summed E-state index contributed by atoms with van der Waals surface area (Å²) in [5.41, 5.74) is 0.996. The van der Waals surface area contributed by atoms with E-state index in [2.05, 4.69) is 17.2 Å². The molecule has 1 aromatic carbocycles. The molecule has 21 heavy (non-hydrogen) atoms. The number of amides is 2. The largest absolute Gasteiger partial charge is 0.478 e. The number of benzene rings is 1. The molecule has 0 aliphatic rings. The van der Waals surface area contributed by atoms with E-state index in [9.17, 15) is 9.59 Å². The zero-order valence-electron chi connectivity index (χ0n) is 11.6. The maximum atomic E-state index is 11.6. The quantitative estimate of drug-likeness (QED) is 0.533. The van der Waals surface area contributed by atoms with Crippen molar-refractivity contribution in [1.29, 1.82) is 0 Å². The highest BCUT2D eigenvalue weighted by Crippen LogP contribution is 2.20. The third kappa shape index (κ3) is 6.29. The predicted molar refractivity (Wildman–Crippen MR) is 81.1 cm³/mol. The van der Waals surface area contributed by atoms with Gasteiger partial charge in [0, 0.05) is 11.6 Å². The second-order valence-corrected chi connectivity index (χ2v) is 4.82. The Kier molecular flexibility index (Phi) is 6.71. The van der Waals surface area contributed by atoms with Gasteiger partial charge in [0.25, 0.3) is 0 Å². The Bertz CT molecular complexity index is 546. The van der Waals surface area contributed by atoms with Crippen LogP contribution in [-0.4, -0.2) is 36.9 Å². The maximum absolute atomic E-state index is 11.6. The number of carbonyl (C=O) groups excluding carboxylic acids is 1. The molecule has 0 saturated heterocycles. The average molecular weight is 313 g/mol. The van der Waals surface area contributed by atoms with E-state index in [1.54, 1.807) is 0 Å². The SMILES string of the molecule is C=C(C)COCCNC(=O)Nc1ccc(Cl)cc1C(=O)O. The number of hydrogen-bond donors (Lipinski definition) is 3. The smallest absolute Gasteiger partial charge is 0.337 e. The Morgan fingerprint density at radius 1 is 1.43 bits per heavy atom. The molecule has 1 aromatic rings. The standard InChI is InChI=1S/C14H17ClN2O4/c1-9(2)8-21-6-5-16-14(20)17-12-4-3-10(15)7-11(12)13(18)19/h3-4,7H,1,5-6,8H2,2H3,(H,18,19)(H2,16,17,20). The van der Waals surface area contributed by atoms with Crippen LogP contribution in [0.1, 0.15) is 17.3 Å². The van der Waals surface area contributed by atoms with Gasteiger partial charge in [0.05, 0.1) is 24.5 Å². The first-order valence-electron chi connectivity index (χ1n) is 6.20. The molecule has 114 valence electrons. The molecule has 0 spiro atoms. The summed E-state index contributed by atoms with van der Waals surface area (Å²) in [6.07, 6.45) is 0. The van der Waals surface area contributed by atoms with Gasteiger partial charge in [-0.1, -0.05) is 23.8 Å². The van der Waals surface area contributed by atoms with Crippen LogP contribution in [-0.2, 0) is 4.74 Å². The van der Waals surface area contributed by atoms with E-state index >= 15 is 0 Å². The maximum Gasteiger partial charge on any atom is 0.337 e. The van der Waals surface area contributed by atoms with Crippen LogP contribution in [0.3, 0.4) is 0 Å². The van der Waals surface area contributed by atoms with Crippen LogP contribution in [0.25, 0.3) is 0 Å². The molecular weight excluding hydrogens is 296 g/mol. The molecule has 0 unspecified atom stereocenters. The van der Waals surface area contributed by atoms with E-state index in [0.717, 1.165) is 5.57 Å². The molecule has 0 saturated carbocycles. The average Bonchev–Trinajstić information content (AvgIpc) is 2.39. The van der Waals surface area contributed by atoms with Gasteiger partial charge in [0.15, 0.2) is 0 Å². The summed E-state index contributed by atoms with van der Waals surface area (Å²) in [4.78, 5) is 22.7. The first-order valence-corrected chi connectivity index (χ1v) is 6.57. The molecule has 7 heteroatoms. The summed E-state index contributed by atoms with van der Waals surface area (Å²) in [5.74, 6) is -1.17. The van der Waals surface area contributed by atoms with Crippen molar-refractivity contribution in [2.45, 2.75) is 6.92 Å². The minimum absolute atomic E-state index is 0.0730. The van der Waals surface area contributed by atoms with Gasteiger partial charge in [0.1, 0.15) is 0 Å². The fraction of sp³-hybridized carbons (Fsp3) is 0.286. The Hall–Kier alpha value is -2.05. The van der Waals surface area contributed by atoms with Crippen LogP contribution in [0.2, 0.25) is 5.02 Å². The third-order valence-electron chi connectivity index (χ3n) is 2.34. The number of rotatable bonds is 7. The van der Waals surface area contributed by atoms with Crippen LogP contribution in [0.15, 0.2) is 30.4 Å². The van der Waals surface area contributed by atoms with Gasteiger partial charge in [-0.15, -0.1) is 0 Å². The van der Waals surface area contributed by atoms with Gasteiger partial charge in [-0.3, -0.25) is 0 Å². The molecule has 0 aliphatic carbocycles. The number of ether oxygens (including phenoxy) is 1. The normalized spacial score (nSPS) is 10.0. The Morgan fingerprint density at radius 2 is 2.14 bits per heavy atom. The molecule has 2 amide bonds. The van der Waals surface area contributed by atoms with Crippen LogP contribution < -0.4 is 10.6 Å². The van der Waals surface area contributed by atoms with E-state index in [0.29, 0.717) is 19.8 Å². The van der Waals surface area contributed by atoms with Gasteiger partial charge in [-0.25, -0.2) is 9.59 Å². The number of hydrogen-bond acceptors (Lipinski definition) is 3. The highest BCUT2D eigenvalue weighted by Gasteiger charge is 2.12. The molecule has 0 heterocycles. The number of nitrogens with one attached hydrogen (secondary N) is 2. The van der Waals surface area contributed by atoms with E-state index in [-0.39, 0.29) is 16.3 Å². The summed E-state index contributed by atoms with van der Waals surface area (Å²) in [6.45, 7) is 6.60. The Morgan fingerprint density at radius 3 is 2.76 bits per heavy atom. The first kappa shape index (κ1) is 17.0. The fourth-order valence-corrected chi connectivity index (χ4v) is 1.62. The number of carbonyl (C=O) groups is 2. The number of anilines is 1. The van der Waals surface area contributed by atoms with E-state index < -0.39 is 12.0 Å². The Balaban J connectivity index is 2.48. The van der Waals surface area contributed by atoms with Crippen molar-refractivity contribution in [3.05, 3.63) is 40.9 Å². The topological polar surface area (TPSA) is 87.7 Å². The molecule has 6 nitrogen and oxygen atoms in total. The second kappa shape index (κ2) is 8.28. The van der Waals surface area contributed by atoms with Crippen molar-refractivity contribution in [1.82, 2.24) is 5.32 Å². The minimum Gasteiger partial charge on any atom is -0.478 e. The summed E-state index contributed by atoms with van der Waals surface area (Å²) in [5, 5.41) is 14.3. The molecule has 0 atom stereocenters. The van der Waals surface area contributed by atoms with Crippen molar-refractivity contribution in [2.24, 2.45) is 0 Å². The second-order valence-electron chi connectivity index (χ2n) is 4.39. The van der Waals surface area contributed by atoms with Crippen molar-refractivity contribution in [3.63, 3.8) is 0 Å². The summed E-state index contributed by atoms with van der Waals surface area (Å²) >= 11 is 5.73. The molecule has 0 aromatic heterocycles.